The fraction of sp³-hybridized carbons (Fsp3) is 0.632. The van der Waals surface area contributed by atoms with E-state index in [0.29, 0.717) is 6.61 Å². The first kappa shape index (κ1) is 18.2. The molecule has 0 bridgehead atoms. The van der Waals surface area contributed by atoms with Crippen molar-refractivity contribution in [3.63, 3.8) is 0 Å². The van der Waals surface area contributed by atoms with Crippen LogP contribution in [0.5, 0.6) is 5.75 Å². The van der Waals surface area contributed by atoms with Crippen molar-refractivity contribution in [2.24, 2.45) is 4.99 Å². The van der Waals surface area contributed by atoms with Gasteiger partial charge < -0.3 is 9.47 Å². The van der Waals surface area contributed by atoms with Crippen molar-refractivity contribution in [2.75, 3.05) is 24.7 Å². The number of hydrogen-bond acceptors (Lipinski definition) is 4. The summed E-state index contributed by atoms with van der Waals surface area (Å²) in [6.07, 6.45) is 5.99. The lowest BCUT2D eigenvalue weighted by atomic mass is 10.1. The number of aliphatic imine (C=N–C) groups is 1. The van der Waals surface area contributed by atoms with Gasteiger partial charge in [0.1, 0.15) is 18.5 Å². The van der Waals surface area contributed by atoms with Crippen LogP contribution in [-0.4, -0.2) is 36.7 Å². The second-order valence-corrected chi connectivity index (χ2v) is 7.28. The molecule has 23 heavy (non-hydrogen) atoms. The lowest BCUT2D eigenvalue weighted by Gasteiger charge is -2.21. The van der Waals surface area contributed by atoms with Crippen LogP contribution >= 0.6 is 11.8 Å². The van der Waals surface area contributed by atoms with Gasteiger partial charge in [-0.25, -0.2) is 0 Å². The molecule has 0 saturated heterocycles. The standard InChI is InChI=1S/C19H29NO2S/c1-3-23-15-18(14-21-17-11-9-16(2)10-12-17)22-19-8-6-4-5-7-13-20-19/h9-12,18H,3-8,13-15H2,1-2H3. The summed E-state index contributed by atoms with van der Waals surface area (Å²) < 4.78 is 12.1. The maximum absolute atomic E-state index is 6.18. The van der Waals surface area contributed by atoms with E-state index in [2.05, 4.69) is 31.0 Å². The van der Waals surface area contributed by atoms with Gasteiger partial charge in [0.05, 0.1) is 0 Å². The highest BCUT2D eigenvalue weighted by Crippen LogP contribution is 2.16. The molecule has 128 valence electrons. The Bertz CT molecular complexity index is 473. The van der Waals surface area contributed by atoms with E-state index in [4.69, 9.17) is 9.47 Å². The summed E-state index contributed by atoms with van der Waals surface area (Å²) in [4.78, 5) is 4.63. The third-order valence-electron chi connectivity index (χ3n) is 3.85. The number of aryl methyl sites for hydroxylation is 1. The average molecular weight is 336 g/mol. The number of benzene rings is 1. The molecule has 1 aromatic carbocycles. The molecule has 1 atom stereocenters. The number of rotatable bonds is 7. The average Bonchev–Trinajstić information content (AvgIpc) is 2.53. The molecule has 0 radical (unpaired) electrons. The summed E-state index contributed by atoms with van der Waals surface area (Å²) in [6, 6.07) is 8.19. The molecule has 1 aliphatic heterocycles. The zero-order valence-electron chi connectivity index (χ0n) is 14.4. The fourth-order valence-electron chi connectivity index (χ4n) is 2.50. The SMILES string of the molecule is CCSCC(COc1ccc(C)cc1)OC1=NCCCCCC1. The molecule has 1 aromatic rings. The first-order valence-corrected chi connectivity index (χ1v) is 9.90. The summed E-state index contributed by atoms with van der Waals surface area (Å²) >= 11 is 1.89. The van der Waals surface area contributed by atoms with Crippen molar-refractivity contribution in [1.82, 2.24) is 0 Å². The van der Waals surface area contributed by atoms with Gasteiger partial charge in [0, 0.05) is 18.7 Å². The molecule has 0 aliphatic carbocycles. The minimum absolute atomic E-state index is 0.0689. The Balaban J connectivity index is 1.88. The second-order valence-electron chi connectivity index (χ2n) is 5.96. The maximum Gasteiger partial charge on any atom is 0.183 e. The first-order chi connectivity index (χ1) is 11.3. The van der Waals surface area contributed by atoms with Crippen LogP contribution in [0.15, 0.2) is 29.3 Å². The molecular formula is C19H29NO2S. The summed E-state index contributed by atoms with van der Waals surface area (Å²) in [5, 5.41) is 0. The topological polar surface area (TPSA) is 30.8 Å². The summed E-state index contributed by atoms with van der Waals surface area (Å²) in [5.74, 6) is 3.88. The van der Waals surface area contributed by atoms with E-state index >= 15 is 0 Å². The summed E-state index contributed by atoms with van der Waals surface area (Å²) in [6.45, 7) is 5.74. The molecule has 0 aromatic heterocycles. The third kappa shape index (κ3) is 7.30. The van der Waals surface area contributed by atoms with E-state index in [-0.39, 0.29) is 6.10 Å². The molecule has 0 amide bonds. The van der Waals surface area contributed by atoms with E-state index in [1.54, 1.807) is 0 Å². The molecule has 4 heteroatoms. The Kier molecular flexibility index (Phi) is 8.37. The first-order valence-electron chi connectivity index (χ1n) is 8.75. The highest BCUT2D eigenvalue weighted by molar-refractivity contribution is 7.99. The monoisotopic (exact) mass is 335 g/mol. The Morgan fingerprint density at radius 3 is 2.70 bits per heavy atom. The molecule has 1 unspecified atom stereocenters. The van der Waals surface area contributed by atoms with Crippen molar-refractivity contribution in [3.05, 3.63) is 29.8 Å². The van der Waals surface area contributed by atoms with Gasteiger partial charge in [-0.15, -0.1) is 0 Å². The van der Waals surface area contributed by atoms with Gasteiger partial charge in [0.2, 0.25) is 0 Å². The van der Waals surface area contributed by atoms with Crippen LogP contribution in [0, 0.1) is 6.92 Å². The van der Waals surface area contributed by atoms with Gasteiger partial charge in [-0.2, -0.15) is 11.8 Å². The molecule has 3 nitrogen and oxygen atoms in total. The predicted octanol–water partition coefficient (Wildman–Crippen LogP) is 4.87. The van der Waals surface area contributed by atoms with Crippen LogP contribution < -0.4 is 4.74 Å². The molecule has 0 N–H and O–H groups in total. The molecule has 0 spiro atoms. The second kappa shape index (κ2) is 10.6. The lowest BCUT2D eigenvalue weighted by Crippen LogP contribution is -2.28. The van der Waals surface area contributed by atoms with Gasteiger partial charge in [-0.1, -0.05) is 37.5 Å². The van der Waals surface area contributed by atoms with Gasteiger partial charge in [0.25, 0.3) is 0 Å². The number of nitrogens with zero attached hydrogens (tertiary/aromatic N) is 1. The Hall–Kier alpha value is -1.16. The summed E-state index contributed by atoms with van der Waals surface area (Å²) in [5.41, 5.74) is 1.25. The lowest BCUT2D eigenvalue weighted by molar-refractivity contribution is 0.132. The molecule has 1 heterocycles. The highest BCUT2D eigenvalue weighted by atomic mass is 32.2. The maximum atomic E-state index is 6.18. The highest BCUT2D eigenvalue weighted by Gasteiger charge is 2.15. The van der Waals surface area contributed by atoms with Gasteiger partial charge in [-0.3, -0.25) is 4.99 Å². The minimum Gasteiger partial charge on any atom is -0.490 e. The van der Waals surface area contributed by atoms with E-state index in [0.717, 1.165) is 36.1 Å². The van der Waals surface area contributed by atoms with Crippen molar-refractivity contribution in [2.45, 2.75) is 52.1 Å². The zero-order valence-corrected chi connectivity index (χ0v) is 15.2. The Morgan fingerprint density at radius 1 is 1.13 bits per heavy atom. The number of hydrogen-bond donors (Lipinski definition) is 0. The molecule has 0 fully saturated rings. The normalized spacial score (nSPS) is 16.9. The van der Waals surface area contributed by atoms with Crippen molar-refractivity contribution < 1.29 is 9.47 Å². The predicted molar refractivity (Wildman–Crippen MR) is 99.9 cm³/mol. The van der Waals surface area contributed by atoms with E-state index in [1.807, 2.05) is 23.9 Å². The zero-order chi connectivity index (χ0) is 16.3. The Morgan fingerprint density at radius 2 is 1.91 bits per heavy atom. The fourth-order valence-corrected chi connectivity index (χ4v) is 3.16. The van der Waals surface area contributed by atoms with E-state index in [9.17, 15) is 0 Å². The van der Waals surface area contributed by atoms with Crippen LogP contribution in [0.4, 0.5) is 0 Å². The van der Waals surface area contributed by atoms with Crippen molar-refractivity contribution >= 4 is 17.7 Å². The molecular weight excluding hydrogens is 306 g/mol. The van der Waals surface area contributed by atoms with Crippen LogP contribution in [0.2, 0.25) is 0 Å². The number of thioether (sulfide) groups is 1. The largest absolute Gasteiger partial charge is 0.490 e. The van der Waals surface area contributed by atoms with Crippen LogP contribution in [0.1, 0.15) is 44.6 Å². The minimum atomic E-state index is 0.0689. The smallest absolute Gasteiger partial charge is 0.183 e. The van der Waals surface area contributed by atoms with Crippen LogP contribution in [-0.2, 0) is 4.74 Å². The molecule has 2 rings (SSSR count). The van der Waals surface area contributed by atoms with E-state index < -0.39 is 0 Å². The Labute approximate surface area is 144 Å². The van der Waals surface area contributed by atoms with Gasteiger partial charge >= 0.3 is 0 Å². The van der Waals surface area contributed by atoms with Crippen LogP contribution in [0.3, 0.4) is 0 Å². The van der Waals surface area contributed by atoms with Gasteiger partial charge in [0.15, 0.2) is 5.90 Å². The van der Waals surface area contributed by atoms with Crippen molar-refractivity contribution in [3.8, 4) is 5.75 Å². The summed E-state index contributed by atoms with van der Waals surface area (Å²) in [7, 11) is 0. The van der Waals surface area contributed by atoms with Crippen molar-refractivity contribution in [1.29, 1.82) is 0 Å². The number of ether oxygens (including phenoxy) is 2. The van der Waals surface area contributed by atoms with Gasteiger partial charge in [-0.05, 0) is 37.7 Å². The van der Waals surface area contributed by atoms with E-state index in [1.165, 1.54) is 31.2 Å². The quantitative estimate of drug-likeness (QED) is 0.712. The molecule has 1 aliphatic rings. The molecule has 0 saturated carbocycles. The van der Waals surface area contributed by atoms with Crippen LogP contribution in [0.25, 0.3) is 0 Å². The third-order valence-corrected chi connectivity index (χ3v) is 4.87.